The zero-order chi connectivity index (χ0) is 9.84. The molecule has 0 aromatic carbocycles. The van der Waals surface area contributed by atoms with E-state index in [-0.39, 0.29) is 5.78 Å². The van der Waals surface area contributed by atoms with Crippen molar-refractivity contribution >= 4 is 5.78 Å². The summed E-state index contributed by atoms with van der Waals surface area (Å²) in [6.45, 7) is 1.50. The molecule has 1 rings (SSSR count). The monoisotopic (exact) mass is 175 g/mol. The van der Waals surface area contributed by atoms with Crippen molar-refractivity contribution in [3.8, 4) is 12.3 Å². The molecule has 13 heavy (non-hydrogen) atoms. The Morgan fingerprint density at radius 3 is 2.85 bits per heavy atom. The van der Waals surface area contributed by atoms with Gasteiger partial charge in [0.2, 0.25) is 0 Å². The van der Waals surface area contributed by atoms with Crippen molar-refractivity contribution < 1.29 is 9.53 Å². The Morgan fingerprint density at radius 1 is 1.69 bits per heavy atom. The van der Waals surface area contributed by atoms with E-state index in [9.17, 15) is 4.79 Å². The minimum absolute atomic E-state index is 0.0180. The number of methoxy groups -OCH3 is 1. The van der Waals surface area contributed by atoms with E-state index in [1.807, 2.05) is 12.5 Å². The molecule has 0 aromatic rings. The van der Waals surface area contributed by atoms with Crippen LogP contribution in [0, 0.1) is 18.8 Å². The molecule has 0 N–H and O–H groups in total. The summed E-state index contributed by atoms with van der Waals surface area (Å²) in [6, 6.07) is 0. The molecule has 2 nitrogen and oxygen atoms in total. The molecule has 0 spiro atoms. The van der Waals surface area contributed by atoms with E-state index >= 15 is 0 Å². The van der Waals surface area contributed by atoms with Crippen LogP contribution in [0.25, 0.3) is 0 Å². The van der Waals surface area contributed by atoms with Crippen molar-refractivity contribution in [2.75, 3.05) is 7.11 Å². The van der Waals surface area contributed by atoms with Crippen molar-refractivity contribution in [3.05, 3.63) is 29.4 Å². The van der Waals surface area contributed by atoms with Crippen LogP contribution in [0.1, 0.15) is 13.3 Å². The first kappa shape index (κ1) is 9.60. The van der Waals surface area contributed by atoms with Crippen molar-refractivity contribution in [1.29, 1.82) is 0 Å². The highest BCUT2D eigenvalue weighted by atomic mass is 16.5. The molecule has 0 saturated heterocycles. The van der Waals surface area contributed by atoms with Gasteiger partial charge in [0.15, 0.2) is 5.78 Å². The number of hydrogen-bond acceptors (Lipinski definition) is 2. The Bertz CT molecular complexity index is 326. The van der Waals surface area contributed by atoms with E-state index in [2.05, 4.69) is 5.92 Å². The number of Topliss-reactive ketones (excluding diaryl/α,β-unsaturated/α-hetero) is 1. The summed E-state index contributed by atoms with van der Waals surface area (Å²) in [5.74, 6) is 3.07. The van der Waals surface area contributed by atoms with E-state index < -0.39 is 0 Å². The molecular weight excluding hydrogens is 164 g/mol. The first-order valence-corrected chi connectivity index (χ1v) is 4.00. The summed E-state index contributed by atoms with van der Waals surface area (Å²) in [6.07, 6.45) is 9.68. The van der Waals surface area contributed by atoms with Crippen LogP contribution >= 0.6 is 0 Å². The predicted octanol–water partition coefficient (Wildman–Crippen LogP) is 1.64. The van der Waals surface area contributed by atoms with Crippen LogP contribution in [-0.4, -0.2) is 12.9 Å². The minimum atomic E-state index is -0.0180. The van der Waals surface area contributed by atoms with E-state index in [0.717, 1.165) is 0 Å². The zero-order valence-electron chi connectivity index (χ0n) is 7.76. The summed E-state index contributed by atoms with van der Waals surface area (Å²) < 4.78 is 5.06. The molecule has 0 fully saturated rings. The lowest BCUT2D eigenvalue weighted by Gasteiger charge is -2.14. The first-order chi connectivity index (χ1) is 6.20. The van der Waals surface area contributed by atoms with Crippen LogP contribution in [0.5, 0.6) is 0 Å². The first-order valence-electron chi connectivity index (χ1n) is 4.00. The lowest BCUT2D eigenvalue weighted by molar-refractivity contribution is -0.113. The van der Waals surface area contributed by atoms with Crippen molar-refractivity contribution in [3.63, 3.8) is 0 Å². The van der Waals surface area contributed by atoms with Crippen molar-refractivity contribution in [2.45, 2.75) is 13.3 Å². The third-order valence-corrected chi connectivity index (χ3v) is 1.88. The highest BCUT2D eigenvalue weighted by Crippen LogP contribution is 2.24. The fraction of sp³-hybridized carbons (Fsp3) is 0.273. The molecule has 1 aliphatic carbocycles. The number of rotatable bonds is 2. The van der Waals surface area contributed by atoms with Crippen LogP contribution in [0.3, 0.4) is 0 Å². The van der Waals surface area contributed by atoms with Crippen LogP contribution in [0.15, 0.2) is 23.0 Å². The highest BCUT2D eigenvalue weighted by Gasteiger charge is 2.17. The lowest BCUT2D eigenvalue weighted by Crippen LogP contribution is -2.08. The van der Waals surface area contributed by atoms with Crippen LogP contribution in [0.2, 0.25) is 0 Å². The van der Waals surface area contributed by atoms with Crippen molar-refractivity contribution in [2.24, 2.45) is 0 Å². The standard InChI is InChI=1S/C11H11O2/c1-4-9-10(8(2)12)6-5-7-11(9)13-3/h1,6-7H,5H2,2-3H3. The van der Waals surface area contributed by atoms with E-state index in [0.29, 0.717) is 23.3 Å². The van der Waals surface area contributed by atoms with E-state index in [1.165, 1.54) is 6.92 Å². The van der Waals surface area contributed by atoms with E-state index in [4.69, 9.17) is 11.2 Å². The maximum absolute atomic E-state index is 11.2. The topological polar surface area (TPSA) is 26.3 Å². The van der Waals surface area contributed by atoms with Gasteiger partial charge in [-0.05, 0) is 25.8 Å². The Labute approximate surface area is 78.3 Å². The summed E-state index contributed by atoms with van der Waals surface area (Å²) in [7, 11) is 1.55. The number of carbonyl (C=O) groups excluding carboxylic acids is 1. The molecule has 0 bridgehead atoms. The van der Waals surface area contributed by atoms with Gasteiger partial charge in [0, 0.05) is 5.57 Å². The second kappa shape index (κ2) is 3.95. The Hall–Kier alpha value is -1.49. The average molecular weight is 175 g/mol. The second-order valence-electron chi connectivity index (χ2n) is 2.70. The number of allylic oxidation sites excluding steroid dienone is 3. The number of terminal acetylenes is 1. The fourth-order valence-electron chi connectivity index (χ4n) is 1.27. The maximum atomic E-state index is 11.2. The number of hydrogen-bond donors (Lipinski definition) is 0. The molecule has 2 heteroatoms. The van der Waals surface area contributed by atoms with Crippen molar-refractivity contribution in [1.82, 2.24) is 0 Å². The van der Waals surface area contributed by atoms with Gasteiger partial charge in [0.05, 0.1) is 12.7 Å². The molecule has 0 aromatic heterocycles. The smallest absolute Gasteiger partial charge is 0.157 e. The second-order valence-corrected chi connectivity index (χ2v) is 2.70. The minimum Gasteiger partial charge on any atom is -0.496 e. The molecule has 0 unspecified atom stereocenters. The van der Waals surface area contributed by atoms with Gasteiger partial charge in [-0.3, -0.25) is 4.79 Å². The highest BCUT2D eigenvalue weighted by molar-refractivity contribution is 5.98. The molecule has 0 heterocycles. The predicted molar refractivity (Wildman–Crippen MR) is 50.5 cm³/mol. The Kier molecular flexibility index (Phi) is 2.92. The number of ether oxygens (including phenoxy) is 1. The van der Waals surface area contributed by atoms with Crippen LogP contribution < -0.4 is 0 Å². The quantitative estimate of drug-likeness (QED) is 0.596. The summed E-state index contributed by atoms with van der Waals surface area (Å²) in [5, 5.41) is 0. The van der Waals surface area contributed by atoms with Gasteiger partial charge in [0.25, 0.3) is 0 Å². The maximum Gasteiger partial charge on any atom is 0.157 e. The fourth-order valence-corrected chi connectivity index (χ4v) is 1.27. The molecule has 0 amide bonds. The normalized spacial score (nSPS) is 16.2. The van der Waals surface area contributed by atoms with Crippen LogP contribution in [-0.2, 0) is 9.53 Å². The van der Waals surface area contributed by atoms with Gasteiger partial charge < -0.3 is 4.74 Å². The molecular formula is C11H11O2. The molecule has 1 aliphatic rings. The molecule has 1 radical (unpaired) electrons. The van der Waals surface area contributed by atoms with Gasteiger partial charge in [0.1, 0.15) is 5.76 Å². The number of ketones is 1. The molecule has 0 atom stereocenters. The molecule has 0 saturated carbocycles. The van der Waals surface area contributed by atoms with Gasteiger partial charge in [-0.15, -0.1) is 6.42 Å². The summed E-state index contributed by atoms with van der Waals surface area (Å²) in [5.41, 5.74) is 1.14. The SMILES string of the molecule is C#CC1=C(C(C)=O)[CH]CC=C1OC. The van der Waals surface area contributed by atoms with Gasteiger partial charge in [-0.2, -0.15) is 0 Å². The van der Waals surface area contributed by atoms with Gasteiger partial charge in [-0.1, -0.05) is 5.92 Å². The largest absolute Gasteiger partial charge is 0.496 e. The number of carbonyl (C=O) groups is 1. The molecule has 0 aliphatic heterocycles. The lowest BCUT2D eigenvalue weighted by atomic mass is 9.94. The summed E-state index contributed by atoms with van der Waals surface area (Å²) >= 11 is 0. The van der Waals surface area contributed by atoms with E-state index in [1.54, 1.807) is 7.11 Å². The summed E-state index contributed by atoms with van der Waals surface area (Å²) in [4.78, 5) is 11.2. The van der Waals surface area contributed by atoms with Gasteiger partial charge in [-0.25, -0.2) is 0 Å². The van der Waals surface area contributed by atoms with Crippen LogP contribution in [0.4, 0.5) is 0 Å². The third kappa shape index (κ3) is 1.81. The Morgan fingerprint density at radius 2 is 2.38 bits per heavy atom. The molecule has 67 valence electrons. The zero-order valence-corrected chi connectivity index (χ0v) is 7.76. The Balaban J connectivity index is 3.14. The third-order valence-electron chi connectivity index (χ3n) is 1.88. The average Bonchev–Trinajstić information content (AvgIpc) is 2.16. The van der Waals surface area contributed by atoms with Gasteiger partial charge >= 0.3 is 0 Å².